The largest absolute Gasteiger partial charge is 0.491 e. The van der Waals surface area contributed by atoms with Gasteiger partial charge >= 0.3 is 0 Å². The average molecular weight is 243 g/mol. The molecule has 0 aromatic heterocycles. The first-order chi connectivity index (χ1) is 8.81. The topological polar surface area (TPSA) is 55.5 Å². The van der Waals surface area contributed by atoms with E-state index in [1.165, 1.54) is 0 Å². The van der Waals surface area contributed by atoms with Crippen molar-refractivity contribution in [1.29, 1.82) is 0 Å². The molecule has 0 heterocycles. The summed E-state index contributed by atoms with van der Waals surface area (Å²) < 4.78 is 5.66. The van der Waals surface area contributed by atoms with Gasteiger partial charge in [0.15, 0.2) is 0 Å². The number of para-hydroxylation sites is 1. The summed E-state index contributed by atoms with van der Waals surface area (Å²) in [4.78, 5) is 0. The highest BCUT2D eigenvalue weighted by Crippen LogP contribution is 2.29. The van der Waals surface area contributed by atoms with E-state index in [1.54, 1.807) is 0 Å². The van der Waals surface area contributed by atoms with E-state index in [2.05, 4.69) is 0 Å². The van der Waals surface area contributed by atoms with Crippen molar-refractivity contribution in [1.82, 2.24) is 0 Å². The van der Waals surface area contributed by atoms with Crippen molar-refractivity contribution in [3.63, 3.8) is 0 Å². The first-order valence-electron chi connectivity index (χ1n) is 5.95. The minimum absolute atomic E-state index is 0.0759. The number of hydrogen-bond donors (Lipinski definition) is 2. The Morgan fingerprint density at radius 3 is 2.39 bits per heavy atom. The molecule has 0 amide bonds. The van der Waals surface area contributed by atoms with E-state index in [0.29, 0.717) is 6.61 Å². The molecule has 0 spiro atoms. The van der Waals surface area contributed by atoms with E-state index in [-0.39, 0.29) is 12.6 Å². The molecule has 3 heteroatoms. The van der Waals surface area contributed by atoms with Gasteiger partial charge in [-0.15, -0.1) is 0 Å². The van der Waals surface area contributed by atoms with Gasteiger partial charge in [-0.1, -0.05) is 48.5 Å². The third kappa shape index (κ3) is 3.09. The van der Waals surface area contributed by atoms with Crippen molar-refractivity contribution in [3.05, 3.63) is 54.6 Å². The highest BCUT2D eigenvalue weighted by atomic mass is 16.5. The van der Waals surface area contributed by atoms with Gasteiger partial charge in [-0.2, -0.15) is 0 Å². The summed E-state index contributed by atoms with van der Waals surface area (Å²) in [6.07, 6.45) is 0. The molecule has 2 aromatic rings. The molecule has 2 aromatic carbocycles. The second-order valence-corrected chi connectivity index (χ2v) is 4.12. The van der Waals surface area contributed by atoms with Crippen LogP contribution in [0.1, 0.15) is 0 Å². The number of aliphatic hydroxyl groups is 1. The van der Waals surface area contributed by atoms with E-state index in [4.69, 9.17) is 15.6 Å². The van der Waals surface area contributed by atoms with Gasteiger partial charge in [0.25, 0.3) is 0 Å². The van der Waals surface area contributed by atoms with Crippen LogP contribution in [0.2, 0.25) is 0 Å². The maximum atomic E-state index is 8.89. The molecular formula is C15H17NO2. The molecular weight excluding hydrogens is 226 g/mol. The van der Waals surface area contributed by atoms with Crippen LogP contribution in [0, 0.1) is 0 Å². The summed E-state index contributed by atoms with van der Waals surface area (Å²) in [5.41, 5.74) is 7.77. The number of benzene rings is 2. The molecule has 18 heavy (non-hydrogen) atoms. The Kier molecular flexibility index (Phi) is 4.34. The van der Waals surface area contributed by atoms with Crippen LogP contribution in [0.15, 0.2) is 54.6 Å². The fourth-order valence-corrected chi connectivity index (χ4v) is 1.70. The van der Waals surface area contributed by atoms with Gasteiger partial charge in [-0.25, -0.2) is 0 Å². The number of rotatable bonds is 5. The number of ether oxygens (including phenoxy) is 1. The lowest BCUT2D eigenvalue weighted by molar-refractivity contribution is 0.207. The fourth-order valence-electron chi connectivity index (χ4n) is 1.70. The third-order valence-corrected chi connectivity index (χ3v) is 2.66. The van der Waals surface area contributed by atoms with Crippen LogP contribution in [-0.2, 0) is 0 Å². The normalized spacial score (nSPS) is 12.1. The molecule has 1 atom stereocenters. The van der Waals surface area contributed by atoms with Crippen LogP contribution in [-0.4, -0.2) is 24.4 Å². The van der Waals surface area contributed by atoms with Gasteiger partial charge in [0.1, 0.15) is 12.4 Å². The Morgan fingerprint density at radius 2 is 1.67 bits per heavy atom. The second kappa shape index (κ2) is 6.19. The fraction of sp³-hybridized carbons (Fsp3) is 0.200. The summed E-state index contributed by atoms with van der Waals surface area (Å²) in [6.45, 7) is 0.230. The molecule has 94 valence electrons. The van der Waals surface area contributed by atoms with Gasteiger partial charge in [0.2, 0.25) is 0 Å². The molecule has 0 fully saturated rings. The average Bonchev–Trinajstić information content (AvgIpc) is 2.46. The van der Waals surface area contributed by atoms with Gasteiger partial charge in [-0.3, -0.25) is 0 Å². The minimum atomic E-state index is -0.353. The molecule has 0 saturated carbocycles. The summed E-state index contributed by atoms with van der Waals surface area (Å²) in [7, 11) is 0. The van der Waals surface area contributed by atoms with Crippen molar-refractivity contribution < 1.29 is 9.84 Å². The van der Waals surface area contributed by atoms with E-state index in [1.807, 2.05) is 54.6 Å². The lowest BCUT2D eigenvalue weighted by Gasteiger charge is -2.14. The molecule has 0 radical (unpaired) electrons. The van der Waals surface area contributed by atoms with Crippen LogP contribution in [0.3, 0.4) is 0 Å². The molecule has 0 aliphatic carbocycles. The molecule has 1 unspecified atom stereocenters. The quantitative estimate of drug-likeness (QED) is 0.845. The zero-order valence-electron chi connectivity index (χ0n) is 10.1. The van der Waals surface area contributed by atoms with E-state index in [9.17, 15) is 0 Å². The zero-order valence-corrected chi connectivity index (χ0v) is 10.1. The monoisotopic (exact) mass is 243 g/mol. The molecule has 3 N–H and O–H groups in total. The summed E-state index contributed by atoms with van der Waals surface area (Å²) in [5, 5.41) is 8.89. The Bertz CT molecular complexity index is 485. The third-order valence-electron chi connectivity index (χ3n) is 2.66. The van der Waals surface area contributed by atoms with Crippen LogP contribution < -0.4 is 10.5 Å². The van der Waals surface area contributed by atoms with Crippen molar-refractivity contribution in [2.24, 2.45) is 5.73 Å². The molecule has 0 bridgehead atoms. The maximum Gasteiger partial charge on any atom is 0.127 e. The van der Waals surface area contributed by atoms with E-state index >= 15 is 0 Å². The number of aliphatic hydroxyl groups excluding tert-OH is 1. The van der Waals surface area contributed by atoms with E-state index < -0.39 is 0 Å². The molecule has 0 aliphatic rings. The smallest absolute Gasteiger partial charge is 0.127 e. The first-order valence-corrected chi connectivity index (χ1v) is 5.95. The van der Waals surface area contributed by atoms with Crippen LogP contribution in [0.4, 0.5) is 0 Å². The maximum absolute atomic E-state index is 8.89. The highest BCUT2D eigenvalue weighted by molar-refractivity contribution is 5.70. The van der Waals surface area contributed by atoms with Gasteiger partial charge in [-0.05, 0) is 11.6 Å². The summed E-state index contributed by atoms with van der Waals surface area (Å²) in [6, 6.07) is 17.5. The highest BCUT2D eigenvalue weighted by Gasteiger charge is 2.07. The Labute approximate surface area is 107 Å². The van der Waals surface area contributed by atoms with Gasteiger partial charge < -0.3 is 15.6 Å². The zero-order chi connectivity index (χ0) is 12.8. The predicted molar refractivity (Wildman–Crippen MR) is 72.4 cm³/mol. The van der Waals surface area contributed by atoms with Crippen LogP contribution in [0.25, 0.3) is 11.1 Å². The Morgan fingerprint density at radius 1 is 1.00 bits per heavy atom. The molecule has 0 aliphatic heterocycles. The first kappa shape index (κ1) is 12.6. The van der Waals surface area contributed by atoms with Gasteiger partial charge in [0, 0.05) is 5.56 Å². The predicted octanol–water partition coefficient (Wildman–Crippen LogP) is 2.05. The summed E-state index contributed by atoms with van der Waals surface area (Å²) in [5.74, 6) is 0.785. The molecule has 0 saturated heterocycles. The lowest BCUT2D eigenvalue weighted by Crippen LogP contribution is -2.31. The molecule has 2 rings (SSSR count). The van der Waals surface area contributed by atoms with Crippen molar-refractivity contribution in [2.75, 3.05) is 13.2 Å². The standard InChI is InChI=1S/C15H17NO2/c16-13(10-17)11-18-15-9-5-4-8-14(15)12-6-2-1-3-7-12/h1-9,13,17H,10-11,16H2. The van der Waals surface area contributed by atoms with Crippen molar-refractivity contribution >= 4 is 0 Å². The second-order valence-electron chi connectivity index (χ2n) is 4.12. The van der Waals surface area contributed by atoms with Crippen LogP contribution >= 0.6 is 0 Å². The Balaban J connectivity index is 2.21. The van der Waals surface area contributed by atoms with Crippen molar-refractivity contribution in [2.45, 2.75) is 6.04 Å². The SMILES string of the molecule is NC(CO)COc1ccccc1-c1ccccc1. The van der Waals surface area contributed by atoms with Crippen LogP contribution in [0.5, 0.6) is 5.75 Å². The number of hydrogen-bond acceptors (Lipinski definition) is 3. The van der Waals surface area contributed by atoms with E-state index in [0.717, 1.165) is 16.9 Å². The molecule has 3 nitrogen and oxygen atoms in total. The lowest BCUT2D eigenvalue weighted by atomic mass is 10.1. The Hall–Kier alpha value is -1.84. The van der Waals surface area contributed by atoms with Gasteiger partial charge in [0.05, 0.1) is 12.6 Å². The number of nitrogens with two attached hydrogens (primary N) is 1. The minimum Gasteiger partial charge on any atom is -0.491 e. The van der Waals surface area contributed by atoms with Crippen molar-refractivity contribution in [3.8, 4) is 16.9 Å². The summed E-state index contributed by atoms with van der Waals surface area (Å²) >= 11 is 0.